The van der Waals surface area contributed by atoms with Crippen molar-refractivity contribution in [3.05, 3.63) is 0 Å². The molecule has 0 aromatic carbocycles. The summed E-state index contributed by atoms with van der Waals surface area (Å²) in [5, 5.41) is 0. The third-order valence-electron chi connectivity index (χ3n) is 3.18. The number of rotatable bonds is 5. The highest BCUT2D eigenvalue weighted by Crippen LogP contribution is 2.17. The summed E-state index contributed by atoms with van der Waals surface area (Å²) in [4.78, 5) is 2.59. The Bertz CT molecular complexity index is 152. The summed E-state index contributed by atoms with van der Waals surface area (Å²) in [6, 6.07) is 1.27. The van der Waals surface area contributed by atoms with Crippen molar-refractivity contribution in [1.29, 1.82) is 0 Å². The summed E-state index contributed by atoms with van der Waals surface area (Å²) in [6.45, 7) is 8.16. The van der Waals surface area contributed by atoms with Crippen LogP contribution in [0.2, 0.25) is 0 Å². The van der Waals surface area contributed by atoms with Crippen LogP contribution < -0.4 is 5.73 Å². The Hall–Kier alpha value is -0.120. The van der Waals surface area contributed by atoms with E-state index in [4.69, 9.17) is 10.5 Å². The van der Waals surface area contributed by atoms with E-state index in [1.165, 1.54) is 12.8 Å². The maximum Gasteiger partial charge on any atom is 0.0622 e. The lowest BCUT2D eigenvalue weighted by atomic mass is 10.0. The highest BCUT2D eigenvalue weighted by atomic mass is 16.5. The van der Waals surface area contributed by atoms with E-state index in [1.54, 1.807) is 0 Å². The van der Waals surface area contributed by atoms with Crippen molar-refractivity contribution < 1.29 is 4.74 Å². The molecule has 2 atom stereocenters. The van der Waals surface area contributed by atoms with Crippen LogP contribution in [0, 0.1) is 0 Å². The lowest BCUT2D eigenvalue weighted by Crippen LogP contribution is -2.50. The fourth-order valence-electron chi connectivity index (χ4n) is 2.30. The molecule has 2 N–H and O–H groups in total. The number of ether oxygens (including phenoxy) is 1. The molecule has 14 heavy (non-hydrogen) atoms. The summed E-state index contributed by atoms with van der Waals surface area (Å²) >= 11 is 0. The molecule has 1 rings (SSSR count). The third-order valence-corrected chi connectivity index (χ3v) is 3.18. The summed E-state index contributed by atoms with van der Waals surface area (Å²) in [6.07, 6.45) is 3.50. The van der Waals surface area contributed by atoms with Crippen molar-refractivity contribution in [2.45, 2.75) is 45.2 Å². The van der Waals surface area contributed by atoms with Crippen LogP contribution in [0.4, 0.5) is 0 Å². The zero-order valence-corrected chi connectivity index (χ0v) is 9.54. The molecule has 3 heteroatoms. The summed E-state index contributed by atoms with van der Waals surface area (Å²) < 4.78 is 5.50. The van der Waals surface area contributed by atoms with Gasteiger partial charge in [0, 0.05) is 18.6 Å². The van der Waals surface area contributed by atoms with Gasteiger partial charge in [0.2, 0.25) is 0 Å². The Balaban J connectivity index is 2.51. The maximum atomic E-state index is 5.64. The van der Waals surface area contributed by atoms with E-state index in [0.29, 0.717) is 12.1 Å². The SMILES string of the molecule is CCC(CCN)N1CCOCC1CC. The first-order valence-electron chi connectivity index (χ1n) is 5.87. The molecule has 1 saturated heterocycles. The van der Waals surface area contributed by atoms with E-state index in [1.807, 2.05) is 0 Å². The van der Waals surface area contributed by atoms with Gasteiger partial charge in [0.15, 0.2) is 0 Å². The van der Waals surface area contributed by atoms with Gasteiger partial charge in [-0.15, -0.1) is 0 Å². The first kappa shape index (κ1) is 12.0. The van der Waals surface area contributed by atoms with Crippen molar-refractivity contribution in [3.63, 3.8) is 0 Å². The van der Waals surface area contributed by atoms with Gasteiger partial charge in [-0.25, -0.2) is 0 Å². The van der Waals surface area contributed by atoms with Gasteiger partial charge in [0.05, 0.1) is 13.2 Å². The molecule has 1 aliphatic heterocycles. The van der Waals surface area contributed by atoms with E-state index in [2.05, 4.69) is 18.7 Å². The molecule has 0 bridgehead atoms. The molecule has 1 heterocycles. The van der Waals surface area contributed by atoms with Gasteiger partial charge < -0.3 is 10.5 Å². The molecule has 0 radical (unpaired) electrons. The van der Waals surface area contributed by atoms with Crippen LogP contribution in [-0.2, 0) is 4.74 Å². The second kappa shape index (κ2) is 6.38. The minimum Gasteiger partial charge on any atom is -0.378 e. The number of hydrogen-bond acceptors (Lipinski definition) is 3. The second-order valence-corrected chi connectivity index (χ2v) is 4.01. The normalized spacial score (nSPS) is 26.4. The van der Waals surface area contributed by atoms with Gasteiger partial charge in [-0.05, 0) is 25.8 Å². The van der Waals surface area contributed by atoms with Crippen molar-refractivity contribution in [1.82, 2.24) is 4.90 Å². The van der Waals surface area contributed by atoms with Crippen molar-refractivity contribution >= 4 is 0 Å². The van der Waals surface area contributed by atoms with Crippen LogP contribution in [0.1, 0.15) is 33.1 Å². The van der Waals surface area contributed by atoms with Crippen LogP contribution in [0.15, 0.2) is 0 Å². The topological polar surface area (TPSA) is 38.5 Å². The van der Waals surface area contributed by atoms with Crippen LogP contribution in [-0.4, -0.2) is 43.3 Å². The van der Waals surface area contributed by atoms with Crippen LogP contribution in [0.5, 0.6) is 0 Å². The van der Waals surface area contributed by atoms with E-state index in [0.717, 1.165) is 32.7 Å². The maximum absolute atomic E-state index is 5.64. The standard InChI is InChI=1S/C11H24N2O/c1-3-10(5-6-12)13-7-8-14-9-11(13)4-2/h10-11H,3-9,12H2,1-2H3. The predicted octanol–water partition coefficient (Wildman–Crippen LogP) is 1.22. The minimum atomic E-state index is 0.611. The fourth-order valence-corrected chi connectivity index (χ4v) is 2.30. The lowest BCUT2D eigenvalue weighted by molar-refractivity contribution is -0.0319. The van der Waals surface area contributed by atoms with Crippen molar-refractivity contribution in [3.8, 4) is 0 Å². The number of nitrogens with zero attached hydrogens (tertiary/aromatic N) is 1. The highest BCUT2D eigenvalue weighted by molar-refractivity contribution is 4.80. The molecule has 0 saturated carbocycles. The number of nitrogens with two attached hydrogens (primary N) is 1. The van der Waals surface area contributed by atoms with Gasteiger partial charge in [-0.2, -0.15) is 0 Å². The first-order valence-corrected chi connectivity index (χ1v) is 5.87. The molecule has 1 aliphatic rings. The second-order valence-electron chi connectivity index (χ2n) is 4.01. The largest absolute Gasteiger partial charge is 0.378 e. The van der Waals surface area contributed by atoms with Gasteiger partial charge in [0.25, 0.3) is 0 Å². The van der Waals surface area contributed by atoms with Gasteiger partial charge in [-0.3, -0.25) is 4.90 Å². The first-order chi connectivity index (χ1) is 6.83. The summed E-state index contributed by atoms with van der Waals surface area (Å²) in [7, 11) is 0. The Kier molecular flexibility index (Phi) is 5.45. The van der Waals surface area contributed by atoms with Gasteiger partial charge in [0.1, 0.15) is 0 Å². The smallest absolute Gasteiger partial charge is 0.0622 e. The quantitative estimate of drug-likeness (QED) is 0.725. The van der Waals surface area contributed by atoms with E-state index in [9.17, 15) is 0 Å². The Morgan fingerprint density at radius 1 is 1.50 bits per heavy atom. The monoisotopic (exact) mass is 200 g/mol. The Morgan fingerprint density at radius 2 is 2.29 bits per heavy atom. The van der Waals surface area contributed by atoms with E-state index >= 15 is 0 Å². The van der Waals surface area contributed by atoms with Crippen molar-refractivity contribution in [2.24, 2.45) is 5.73 Å². The van der Waals surface area contributed by atoms with Crippen LogP contribution in [0.25, 0.3) is 0 Å². The van der Waals surface area contributed by atoms with Crippen LogP contribution >= 0.6 is 0 Å². The molecular weight excluding hydrogens is 176 g/mol. The van der Waals surface area contributed by atoms with Crippen LogP contribution in [0.3, 0.4) is 0 Å². The van der Waals surface area contributed by atoms with Gasteiger partial charge >= 0.3 is 0 Å². The minimum absolute atomic E-state index is 0.611. The Labute approximate surface area is 87.6 Å². The number of morpholine rings is 1. The zero-order chi connectivity index (χ0) is 10.4. The fraction of sp³-hybridized carbons (Fsp3) is 1.00. The Morgan fingerprint density at radius 3 is 2.86 bits per heavy atom. The van der Waals surface area contributed by atoms with E-state index < -0.39 is 0 Å². The predicted molar refractivity (Wildman–Crippen MR) is 59.4 cm³/mol. The zero-order valence-electron chi connectivity index (χ0n) is 9.54. The molecule has 84 valence electrons. The van der Waals surface area contributed by atoms with Crippen molar-refractivity contribution in [2.75, 3.05) is 26.3 Å². The summed E-state index contributed by atoms with van der Waals surface area (Å²) in [5.41, 5.74) is 5.64. The third kappa shape index (κ3) is 2.94. The lowest BCUT2D eigenvalue weighted by Gasteiger charge is -2.40. The molecule has 1 fully saturated rings. The summed E-state index contributed by atoms with van der Waals surface area (Å²) in [5.74, 6) is 0. The molecular formula is C11H24N2O. The molecule has 0 aliphatic carbocycles. The number of hydrogen-bond donors (Lipinski definition) is 1. The molecule has 0 spiro atoms. The molecule has 3 nitrogen and oxygen atoms in total. The van der Waals surface area contributed by atoms with E-state index in [-0.39, 0.29) is 0 Å². The highest BCUT2D eigenvalue weighted by Gasteiger charge is 2.26. The molecule has 0 aromatic rings. The molecule has 2 unspecified atom stereocenters. The molecule has 0 aromatic heterocycles. The average molecular weight is 200 g/mol. The van der Waals surface area contributed by atoms with Gasteiger partial charge in [-0.1, -0.05) is 13.8 Å². The average Bonchev–Trinajstić information content (AvgIpc) is 2.26. The molecule has 0 amide bonds.